The first-order valence-corrected chi connectivity index (χ1v) is 9.36. The molecule has 0 bridgehead atoms. The van der Waals surface area contributed by atoms with Crippen molar-refractivity contribution in [3.63, 3.8) is 0 Å². The zero-order valence-corrected chi connectivity index (χ0v) is 13.5. The minimum Gasteiger partial charge on any atom is -0.273 e. The van der Waals surface area contributed by atoms with Gasteiger partial charge in [-0.3, -0.25) is 18.7 Å². The number of hydrogen-bond donors (Lipinski definition) is 0. The van der Waals surface area contributed by atoms with E-state index in [1.807, 2.05) is 17.5 Å². The van der Waals surface area contributed by atoms with E-state index in [0.717, 1.165) is 6.42 Å². The highest BCUT2D eigenvalue weighted by atomic mass is 32.2. The van der Waals surface area contributed by atoms with Crippen molar-refractivity contribution < 1.29 is 13.8 Å². The van der Waals surface area contributed by atoms with Crippen LogP contribution in [-0.2, 0) is 17.2 Å². The number of imide groups is 1. The third kappa shape index (κ3) is 3.03. The molecule has 1 aromatic carbocycles. The van der Waals surface area contributed by atoms with Crippen LogP contribution in [0.5, 0.6) is 0 Å². The summed E-state index contributed by atoms with van der Waals surface area (Å²) in [6, 6.07) is 10.8. The lowest BCUT2D eigenvalue weighted by atomic mass is 10.1. The van der Waals surface area contributed by atoms with Gasteiger partial charge in [0.05, 0.1) is 11.1 Å². The Balaban J connectivity index is 1.55. The molecule has 2 aromatic rings. The van der Waals surface area contributed by atoms with Gasteiger partial charge in [0.25, 0.3) is 11.8 Å². The van der Waals surface area contributed by atoms with E-state index in [1.54, 1.807) is 35.6 Å². The van der Waals surface area contributed by atoms with Gasteiger partial charge in [0.1, 0.15) is 0 Å². The number of carbonyl (C=O) groups excluding carboxylic acids is 2. The highest BCUT2D eigenvalue weighted by Gasteiger charge is 2.34. The summed E-state index contributed by atoms with van der Waals surface area (Å²) in [7, 11) is -1.04. The summed E-state index contributed by atoms with van der Waals surface area (Å²) in [4.78, 5) is 26.7. The van der Waals surface area contributed by atoms with Crippen LogP contribution in [0.3, 0.4) is 0 Å². The van der Waals surface area contributed by atoms with E-state index in [9.17, 15) is 13.8 Å². The lowest BCUT2D eigenvalue weighted by Gasteiger charge is -2.13. The molecule has 0 spiro atoms. The van der Waals surface area contributed by atoms with Crippen LogP contribution in [0, 0.1) is 0 Å². The van der Waals surface area contributed by atoms with Crippen molar-refractivity contribution in [2.45, 2.75) is 6.42 Å². The maximum Gasteiger partial charge on any atom is 0.261 e. The Bertz CT molecular complexity index is 690. The van der Waals surface area contributed by atoms with Crippen LogP contribution in [-0.4, -0.2) is 39.0 Å². The maximum atomic E-state index is 12.2. The van der Waals surface area contributed by atoms with Crippen LogP contribution in [0.1, 0.15) is 25.6 Å². The second-order valence-electron chi connectivity index (χ2n) is 4.98. The largest absolute Gasteiger partial charge is 0.273 e. The number of aryl methyl sites for hydroxylation is 1. The van der Waals surface area contributed by atoms with Gasteiger partial charge in [0.2, 0.25) is 0 Å². The monoisotopic (exact) mass is 333 g/mol. The van der Waals surface area contributed by atoms with Gasteiger partial charge >= 0.3 is 0 Å². The summed E-state index contributed by atoms with van der Waals surface area (Å²) in [5.41, 5.74) is 0.883. The topological polar surface area (TPSA) is 54.5 Å². The molecule has 1 unspecified atom stereocenters. The van der Waals surface area contributed by atoms with Gasteiger partial charge in [-0.05, 0) is 30.0 Å². The van der Waals surface area contributed by atoms with Gasteiger partial charge in [-0.2, -0.15) is 0 Å². The predicted octanol–water partition coefficient (Wildman–Crippen LogP) is 2.34. The van der Waals surface area contributed by atoms with Crippen LogP contribution >= 0.6 is 11.3 Å². The van der Waals surface area contributed by atoms with Crippen LogP contribution in [0.25, 0.3) is 0 Å². The molecule has 0 saturated carbocycles. The fraction of sp³-hybridized carbons (Fsp3) is 0.250. The summed E-state index contributed by atoms with van der Waals surface area (Å²) in [5.74, 6) is 0.326. The molecule has 114 valence electrons. The van der Waals surface area contributed by atoms with E-state index in [-0.39, 0.29) is 18.4 Å². The van der Waals surface area contributed by atoms with Gasteiger partial charge in [0.15, 0.2) is 0 Å². The summed E-state index contributed by atoms with van der Waals surface area (Å²) >= 11 is 1.65. The second kappa shape index (κ2) is 6.54. The first-order chi connectivity index (χ1) is 10.7. The van der Waals surface area contributed by atoms with Crippen LogP contribution in [0.2, 0.25) is 0 Å². The minimum atomic E-state index is -1.04. The SMILES string of the molecule is O=C1c2ccccc2C(=O)N1CCS(=O)CCc1cccs1. The normalized spacial score (nSPS) is 15.2. The highest BCUT2D eigenvalue weighted by molar-refractivity contribution is 7.85. The van der Waals surface area contributed by atoms with Crippen molar-refractivity contribution >= 4 is 34.0 Å². The molecule has 3 rings (SSSR count). The summed E-state index contributed by atoms with van der Waals surface area (Å²) in [5, 5.41) is 2.00. The summed E-state index contributed by atoms with van der Waals surface area (Å²) in [6.45, 7) is 0.212. The number of rotatable bonds is 6. The predicted molar refractivity (Wildman–Crippen MR) is 87.7 cm³/mol. The minimum absolute atomic E-state index is 0.212. The third-order valence-electron chi connectivity index (χ3n) is 3.58. The van der Waals surface area contributed by atoms with E-state index in [1.165, 1.54) is 9.78 Å². The summed E-state index contributed by atoms with van der Waals surface area (Å²) < 4.78 is 12.0. The molecule has 1 atom stereocenters. The molecule has 2 amide bonds. The van der Waals surface area contributed by atoms with Gasteiger partial charge in [0, 0.05) is 33.7 Å². The van der Waals surface area contributed by atoms with Crippen molar-refractivity contribution in [1.29, 1.82) is 0 Å². The van der Waals surface area contributed by atoms with Gasteiger partial charge in [-0.1, -0.05) is 18.2 Å². The molecule has 1 aliphatic rings. The van der Waals surface area contributed by atoms with Crippen LogP contribution in [0.15, 0.2) is 41.8 Å². The molecule has 0 saturated heterocycles. The Kier molecular flexibility index (Phi) is 4.49. The number of amides is 2. The van der Waals surface area contributed by atoms with Crippen LogP contribution in [0.4, 0.5) is 0 Å². The fourth-order valence-corrected chi connectivity index (χ4v) is 4.28. The molecule has 1 aromatic heterocycles. The number of hydrogen-bond acceptors (Lipinski definition) is 4. The van der Waals surface area contributed by atoms with Crippen molar-refractivity contribution in [1.82, 2.24) is 4.90 Å². The Morgan fingerprint density at radius 1 is 0.955 bits per heavy atom. The third-order valence-corrected chi connectivity index (χ3v) is 5.81. The van der Waals surface area contributed by atoms with E-state index < -0.39 is 10.8 Å². The molecule has 0 fully saturated rings. The van der Waals surface area contributed by atoms with Crippen LogP contribution < -0.4 is 0 Å². The average molecular weight is 333 g/mol. The smallest absolute Gasteiger partial charge is 0.261 e. The van der Waals surface area contributed by atoms with Gasteiger partial charge in [-0.25, -0.2) is 0 Å². The quantitative estimate of drug-likeness (QED) is 0.763. The van der Waals surface area contributed by atoms with E-state index in [2.05, 4.69) is 0 Å². The molecule has 0 aliphatic carbocycles. The lowest BCUT2D eigenvalue weighted by Crippen LogP contribution is -2.33. The number of fused-ring (bicyclic) bond motifs is 1. The molecule has 2 heterocycles. The molecule has 22 heavy (non-hydrogen) atoms. The fourth-order valence-electron chi connectivity index (χ4n) is 2.41. The molecular formula is C16H15NO3S2. The zero-order chi connectivity index (χ0) is 15.5. The maximum absolute atomic E-state index is 12.2. The van der Waals surface area contributed by atoms with Gasteiger partial charge in [-0.15, -0.1) is 11.3 Å². The standard InChI is InChI=1S/C16H15NO3S2/c18-15-13-5-1-2-6-14(13)16(19)17(15)8-11-22(20)10-7-12-4-3-9-21-12/h1-6,9H,7-8,10-11H2. The first-order valence-electron chi connectivity index (χ1n) is 6.99. The number of benzene rings is 1. The number of thiophene rings is 1. The molecule has 0 N–H and O–H groups in total. The number of nitrogens with zero attached hydrogens (tertiary/aromatic N) is 1. The second-order valence-corrected chi connectivity index (χ2v) is 7.71. The number of carbonyl (C=O) groups is 2. The summed E-state index contributed by atoms with van der Waals surface area (Å²) in [6.07, 6.45) is 0.770. The highest BCUT2D eigenvalue weighted by Crippen LogP contribution is 2.22. The van der Waals surface area contributed by atoms with Crippen molar-refractivity contribution in [3.05, 3.63) is 57.8 Å². The van der Waals surface area contributed by atoms with E-state index >= 15 is 0 Å². The molecule has 0 radical (unpaired) electrons. The zero-order valence-electron chi connectivity index (χ0n) is 11.9. The molecular weight excluding hydrogens is 318 g/mol. The lowest BCUT2D eigenvalue weighted by molar-refractivity contribution is 0.0664. The average Bonchev–Trinajstić information content (AvgIpc) is 3.13. The van der Waals surface area contributed by atoms with E-state index in [4.69, 9.17) is 0 Å². The first kappa shape index (κ1) is 15.1. The Morgan fingerprint density at radius 3 is 2.23 bits per heavy atom. The van der Waals surface area contributed by atoms with E-state index in [0.29, 0.717) is 22.6 Å². The molecule has 4 nitrogen and oxygen atoms in total. The Morgan fingerprint density at radius 2 is 1.64 bits per heavy atom. The van der Waals surface area contributed by atoms with Crippen molar-refractivity contribution in [2.75, 3.05) is 18.1 Å². The Labute approximate surface area is 135 Å². The van der Waals surface area contributed by atoms with Gasteiger partial charge < -0.3 is 0 Å². The molecule has 6 heteroatoms. The van der Waals surface area contributed by atoms with Crippen molar-refractivity contribution in [2.24, 2.45) is 0 Å². The Hall–Kier alpha value is -1.79. The van der Waals surface area contributed by atoms with Crippen molar-refractivity contribution in [3.8, 4) is 0 Å². The molecule has 1 aliphatic heterocycles.